The number of nitrogens with zero attached hydrogens (tertiary/aromatic N) is 3. The van der Waals surface area contributed by atoms with Gasteiger partial charge in [0.05, 0.1) is 45.7 Å². The number of hydrogen-bond donors (Lipinski definition) is 0. The molecule has 10 atom stereocenters. The molecular formula is C74H65Br2N3O16PdS2Si. The molecule has 2 fully saturated rings. The standard InChI is InChI=1S/C74H65N3O16S2Si.2BrH.Pd/c1-46(78)87-62-59(77-65(79)53-39-23-24-40-54(53)66(77)80)72(95-73-76-56(45-94-73)55-41-25-26-42-75-55)89-58(44-86-96(74(2,3)4,51-35-19-9-20-36-51)52-37-21-10-22-38-52)60(62)93-71-64(92-70(84)50-33-17-8-18-34-50)63(91-69(83)49-31-15-7-16-32-49)61(90-68(82)48-29-13-6-14-30-48)57(88-71)43-85-67(81)47-27-11-5-12-28-47;;;/h5-42,45,57-64,71-72H,43-44H2,1-4H3;2*1H;/q;;;+2/p-2. The molecule has 0 N–H and O–H groups in total. The summed E-state index contributed by atoms with van der Waals surface area (Å²) in [5.41, 5.74) is 0.118. The molecule has 0 radical (unpaired) electrons. The quantitative estimate of drug-likeness (QED) is 0.0282. The summed E-state index contributed by atoms with van der Waals surface area (Å²) in [5, 5.41) is 2.91. The molecule has 7 aromatic carbocycles. The fourth-order valence-electron chi connectivity index (χ4n) is 12.2. The van der Waals surface area contributed by atoms with Gasteiger partial charge in [-0.3, -0.25) is 24.3 Å². The van der Waals surface area contributed by atoms with E-state index in [-0.39, 0.29) is 40.0 Å². The van der Waals surface area contributed by atoms with Crippen LogP contribution in [0.2, 0.25) is 5.04 Å². The van der Waals surface area contributed by atoms with Gasteiger partial charge in [0.25, 0.3) is 20.1 Å². The molecule has 2 aromatic heterocycles. The molecular weight excluding hydrogens is 1550 g/mol. The van der Waals surface area contributed by atoms with Gasteiger partial charge in [-0.25, -0.2) is 24.2 Å². The SMILES string of the molecule is CC(=O)OC1C(OC2OC(COC(=O)c3ccccc3)C(OC(=O)c3ccccc3)C(OC(=O)c3ccccc3)C2OC(=O)c2ccccc2)C(CO[Si](c2ccccc2)(c2ccccc2)C(C)(C)C)OC(Sc2nc(-c3ccccn3)cs2)C1N1C(=O)c2ccccc2C1=O.[Br][Pd][Br]. The molecule has 9 aromatic rings. The number of hydrogen-bond acceptors (Lipinski definition) is 20. The van der Waals surface area contributed by atoms with Gasteiger partial charge in [-0.2, -0.15) is 0 Å². The third-order valence-corrected chi connectivity index (χ3v) is 23.7. The molecule has 2 amide bonds. The Labute approximate surface area is 601 Å². The second-order valence-corrected chi connectivity index (χ2v) is 37.5. The number of carbonyl (C=O) groups excluding carboxylic acids is 7. The summed E-state index contributed by atoms with van der Waals surface area (Å²) in [7, 11) is -3.60. The van der Waals surface area contributed by atoms with Crippen LogP contribution in [0.3, 0.4) is 0 Å². The molecule has 3 aliphatic rings. The van der Waals surface area contributed by atoms with Crippen molar-refractivity contribution in [2.24, 2.45) is 0 Å². The molecule has 512 valence electrons. The Bertz CT molecular complexity index is 4180. The van der Waals surface area contributed by atoms with Crippen molar-refractivity contribution >= 4 is 110 Å². The van der Waals surface area contributed by atoms with Gasteiger partial charge in [-0.15, -0.1) is 11.3 Å². The number of benzene rings is 7. The van der Waals surface area contributed by atoms with Crippen molar-refractivity contribution in [2.45, 2.75) is 97.6 Å². The number of rotatable bonds is 21. The van der Waals surface area contributed by atoms with Crippen LogP contribution in [0.25, 0.3) is 11.4 Å². The van der Waals surface area contributed by atoms with Crippen molar-refractivity contribution in [2.75, 3.05) is 13.2 Å². The Morgan fingerprint density at radius 2 is 0.980 bits per heavy atom. The van der Waals surface area contributed by atoms with Crippen LogP contribution in [0.1, 0.15) is 89.8 Å². The third kappa shape index (κ3) is 16.7. The topological polar surface area (TPSA) is 232 Å². The van der Waals surface area contributed by atoms with Crippen LogP contribution in [0.4, 0.5) is 0 Å². The van der Waals surface area contributed by atoms with E-state index in [9.17, 15) is 24.0 Å². The molecule has 0 bridgehead atoms. The van der Waals surface area contributed by atoms with Crippen LogP contribution in [-0.4, -0.2) is 139 Å². The molecule has 0 saturated carbocycles. The van der Waals surface area contributed by atoms with Gasteiger partial charge in [-0.1, -0.05) is 184 Å². The molecule has 3 aliphatic heterocycles. The number of imide groups is 1. The number of thiazole rings is 1. The first kappa shape index (κ1) is 72.1. The average Bonchev–Trinajstić information content (AvgIpc) is 1.73. The van der Waals surface area contributed by atoms with Crippen molar-refractivity contribution in [1.82, 2.24) is 14.9 Å². The number of thioether (sulfide) groups is 1. The van der Waals surface area contributed by atoms with Crippen LogP contribution in [0.15, 0.2) is 240 Å². The predicted molar refractivity (Wildman–Crippen MR) is 375 cm³/mol. The van der Waals surface area contributed by atoms with Crippen LogP contribution in [0, 0.1) is 0 Å². The summed E-state index contributed by atoms with van der Waals surface area (Å²) in [6.45, 7) is 6.31. The molecule has 25 heteroatoms. The Kier molecular flexibility index (Phi) is 24.3. The Hall–Kier alpha value is -8.16. The van der Waals surface area contributed by atoms with E-state index in [0.29, 0.717) is 29.7 Å². The maximum absolute atomic E-state index is 15.3. The molecule has 0 spiro atoms. The number of halogens is 2. The van der Waals surface area contributed by atoms with Crippen molar-refractivity contribution in [3.8, 4) is 11.4 Å². The molecule has 19 nitrogen and oxygen atoms in total. The predicted octanol–water partition coefficient (Wildman–Crippen LogP) is 12.5. The zero-order valence-corrected chi connectivity index (χ0v) is 60.8. The summed E-state index contributed by atoms with van der Waals surface area (Å²) in [4.78, 5) is 114. The van der Waals surface area contributed by atoms with Crippen LogP contribution >= 0.6 is 50.0 Å². The fraction of sp³-hybridized carbons (Fsp3) is 0.230. The number of pyridine rings is 1. The Balaban J connectivity index is 0.00000324. The third-order valence-electron chi connectivity index (χ3n) is 16.6. The first-order valence-corrected chi connectivity index (χ1v) is 42.0. The molecule has 5 heterocycles. The first-order chi connectivity index (χ1) is 48.0. The minimum absolute atomic E-state index is 0.0236. The summed E-state index contributed by atoms with van der Waals surface area (Å²) in [5.74, 6) is -6.11. The molecule has 2 saturated heterocycles. The zero-order valence-electron chi connectivity index (χ0n) is 53.5. The second kappa shape index (κ2) is 33.3. The van der Waals surface area contributed by atoms with E-state index in [1.807, 2.05) is 66.7 Å². The van der Waals surface area contributed by atoms with E-state index in [1.54, 1.807) is 109 Å². The number of aromatic nitrogens is 2. The molecule has 99 heavy (non-hydrogen) atoms. The van der Waals surface area contributed by atoms with Gasteiger partial charge in [0.15, 0.2) is 35.0 Å². The van der Waals surface area contributed by atoms with Gasteiger partial charge in [0, 0.05) is 18.5 Å². The number of esters is 5. The van der Waals surface area contributed by atoms with Crippen molar-refractivity contribution in [3.05, 3.63) is 269 Å². The molecule has 0 aliphatic carbocycles. The van der Waals surface area contributed by atoms with Crippen molar-refractivity contribution in [1.29, 1.82) is 0 Å². The number of amides is 2. The van der Waals surface area contributed by atoms with Gasteiger partial charge >= 0.3 is 70.7 Å². The first-order valence-electron chi connectivity index (χ1n) is 31.2. The average molecular weight is 1610 g/mol. The van der Waals surface area contributed by atoms with E-state index in [1.165, 1.54) is 72.0 Å². The van der Waals surface area contributed by atoms with Crippen LogP contribution in [0.5, 0.6) is 0 Å². The summed E-state index contributed by atoms with van der Waals surface area (Å²) >= 11 is 9.11. The summed E-state index contributed by atoms with van der Waals surface area (Å²) in [6.07, 6.45) is -12.7. The van der Waals surface area contributed by atoms with Gasteiger partial charge in [0.2, 0.25) is 0 Å². The van der Waals surface area contributed by atoms with Crippen LogP contribution in [-0.2, 0) is 61.1 Å². The van der Waals surface area contributed by atoms with Crippen molar-refractivity contribution < 1.29 is 89.8 Å². The van der Waals surface area contributed by atoms with E-state index in [2.05, 4.69) is 52.6 Å². The molecule has 12 rings (SSSR count). The summed E-state index contributed by atoms with van der Waals surface area (Å²) < 4.78 is 62.0. The number of fused-ring (bicyclic) bond motifs is 1. The fourth-order valence-corrected chi connectivity index (χ4v) is 18.9. The Morgan fingerprint density at radius 3 is 1.45 bits per heavy atom. The van der Waals surface area contributed by atoms with Crippen molar-refractivity contribution in [3.63, 3.8) is 0 Å². The van der Waals surface area contributed by atoms with E-state index in [4.69, 9.17) is 47.3 Å². The zero-order chi connectivity index (χ0) is 69.6. The van der Waals surface area contributed by atoms with E-state index < -0.39 is 122 Å². The van der Waals surface area contributed by atoms with Crippen LogP contribution < -0.4 is 10.4 Å². The van der Waals surface area contributed by atoms with Gasteiger partial charge < -0.3 is 42.3 Å². The van der Waals surface area contributed by atoms with E-state index >= 15 is 9.59 Å². The second-order valence-electron chi connectivity index (χ2n) is 23.8. The van der Waals surface area contributed by atoms with E-state index in [0.717, 1.165) is 34.0 Å². The maximum atomic E-state index is 15.3. The monoisotopic (exact) mass is 1610 g/mol. The van der Waals surface area contributed by atoms with Gasteiger partial charge in [-0.05, 0) is 88.2 Å². The minimum atomic E-state index is -3.60. The number of ether oxygens (including phenoxy) is 8. The Morgan fingerprint density at radius 1 is 0.535 bits per heavy atom. The number of carbonyl (C=O) groups is 7. The summed E-state index contributed by atoms with van der Waals surface area (Å²) in [6, 6.07) is 61.4. The van der Waals surface area contributed by atoms with Gasteiger partial charge in [0.1, 0.15) is 42.1 Å². The normalized spacial score (nSPS) is 21.3. The molecule has 10 unspecified atom stereocenters.